The minimum atomic E-state index is -1.28. The zero-order valence-corrected chi connectivity index (χ0v) is 20.7. The molecule has 0 rings (SSSR count). The molecule has 12 heteroatoms. The predicted molar refractivity (Wildman–Crippen MR) is 126 cm³/mol. The van der Waals surface area contributed by atoms with Crippen LogP contribution in [0.5, 0.6) is 0 Å². The Balaban J connectivity index is 5.51. The summed E-state index contributed by atoms with van der Waals surface area (Å²) in [6.07, 6.45) is 1.87. The van der Waals surface area contributed by atoms with Crippen molar-refractivity contribution in [3.8, 4) is 0 Å². The van der Waals surface area contributed by atoms with E-state index in [4.69, 9.17) is 10.8 Å². The average molecular weight is 491 g/mol. The molecule has 0 aromatic heterocycles. The third-order valence-electron chi connectivity index (χ3n) is 4.82. The molecule has 0 aromatic carbocycles. The maximum atomic E-state index is 12.9. The van der Waals surface area contributed by atoms with E-state index in [0.717, 1.165) is 0 Å². The Labute approximate surface area is 199 Å². The van der Waals surface area contributed by atoms with Gasteiger partial charge in [-0.2, -0.15) is 11.8 Å². The highest BCUT2D eigenvalue weighted by atomic mass is 32.2. The summed E-state index contributed by atoms with van der Waals surface area (Å²) in [4.78, 5) is 60.5. The number of aliphatic carboxylic acids is 2. The monoisotopic (exact) mass is 490 g/mol. The fraction of sp³-hybridized carbons (Fsp3) is 0.762. The van der Waals surface area contributed by atoms with E-state index in [2.05, 4.69) is 16.0 Å². The molecule has 0 fully saturated rings. The van der Waals surface area contributed by atoms with E-state index in [0.29, 0.717) is 12.2 Å². The second-order valence-electron chi connectivity index (χ2n) is 8.64. The Bertz CT molecular complexity index is 688. The smallest absolute Gasteiger partial charge is 0.326 e. The van der Waals surface area contributed by atoms with E-state index in [9.17, 15) is 29.1 Å². The number of carbonyl (C=O) groups excluding carboxylic acids is 3. The van der Waals surface area contributed by atoms with Gasteiger partial charge in [0.1, 0.15) is 18.1 Å². The van der Waals surface area contributed by atoms with Crippen LogP contribution in [-0.2, 0) is 24.0 Å². The van der Waals surface area contributed by atoms with Crippen molar-refractivity contribution >= 4 is 41.4 Å². The minimum absolute atomic E-state index is 0.177. The maximum absolute atomic E-state index is 12.9. The van der Waals surface area contributed by atoms with Crippen LogP contribution in [0.4, 0.5) is 0 Å². The van der Waals surface area contributed by atoms with E-state index >= 15 is 0 Å². The molecule has 0 aliphatic rings. The maximum Gasteiger partial charge on any atom is 0.326 e. The van der Waals surface area contributed by atoms with E-state index in [1.807, 2.05) is 20.1 Å². The second kappa shape index (κ2) is 15.5. The number of hydrogen-bond donors (Lipinski definition) is 6. The van der Waals surface area contributed by atoms with Gasteiger partial charge in [0, 0.05) is 6.42 Å². The molecule has 0 spiro atoms. The highest BCUT2D eigenvalue weighted by molar-refractivity contribution is 7.98. The number of thioether (sulfide) groups is 1. The average Bonchev–Trinajstić information content (AvgIpc) is 2.70. The van der Waals surface area contributed by atoms with Crippen molar-refractivity contribution in [3.63, 3.8) is 0 Å². The number of nitrogens with two attached hydrogens (primary N) is 1. The molecule has 11 nitrogen and oxygen atoms in total. The molecular formula is C21H38N4O7S. The second-order valence-corrected chi connectivity index (χ2v) is 9.63. The summed E-state index contributed by atoms with van der Waals surface area (Å²) in [7, 11) is 0. The van der Waals surface area contributed by atoms with Crippen LogP contribution in [0.1, 0.15) is 53.4 Å². The van der Waals surface area contributed by atoms with Crippen LogP contribution < -0.4 is 21.7 Å². The normalized spacial score (nSPS) is 14.8. The quantitative estimate of drug-likeness (QED) is 0.175. The summed E-state index contributed by atoms with van der Waals surface area (Å²) in [6, 6.07) is -4.28. The molecule has 7 N–H and O–H groups in total. The molecule has 0 bridgehead atoms. The van der Waals surface area contributed by atoms with Crippen molar-refractivity contribution < 1.29 is 34.2 Å². The highest BCUT2D eigenvalue weighted by Crippen LogP contribution is 2.08. The van der Waals surface area contributed by atoms with E-state index in [-0.39, 0.29) is 18.8 Å². The van der Waals surface area contributed by atoms with Crippen molar-refractivity contribution in [2.45, 2.75) is 77.5 Å². The number of carboxylic acids is 2. The number of hydrogen-bond acceptors (Lipinski definition) is 7. The Kier molecular flexibility index (Phi) is 14.4. The standard InChI is InChI=1S/C21H38N4O7S/c1-11(2)10-13(22)18(28)23-15(8-9-33-5)19(29)24-14(6-7-16(26)27)20(30)25-17(12(3)4)21(31)32/h11-15,17H,6-10,22H2,1-5H3,(H,23,28)(H,24,29)(H,25,30)(H,26,27)(H,31,32). The zero-order valence-electron chi connectivity index (χ0n) is 19.9. The first-order chi connectivity index (χ1) is 15.3. The predicted octanol–water partition coefficient (Wildman–Crippen LogP) is 0.173. The summed E-state index contributed by atoms with van der Waals surface area (Å²) < 4.78 is 0. The van der Waals surface area contributed by atoms with Crippen LogP contribution in [0.2, 0.25) is 0 Å². The summed E-state index contributed by atoms with van der Waals surface area (Å²) in [5, 5.41) is 25.8. The first-order valence-corrected chi connectivity index (χ1v) is 12.3. The van der Waals surface area contributed by atoms with E-state index < -0.39 is 66.2 Å². The van der Waals surface area contributed by atoms with Crippen molar-refractivity contribution in [2.75, 3.05) is 12.0 Å². The number of rotatable bonds is 16. The zero-order chi connectivity index (χ0) is 25.7. The highest BCUT2D eigenvalue weighted by Gasteiger charge is 2.31. The van der Waals surface area contributed by atoms with Gasteiger partial charge in [0.05, 0.1) is 6.04 Å². The topological polar surface area (TPSA) is 188 Å². The third-order valence-corrected chi connectivity index (χ3v) is 5.46. The van der Waals surface area contributed by atoms with Crippen molar-refractivity contribution in [1.29, 1.82) is 0 Å². The van der Waals surface area contributed by atoms with Gasteiger partial charge in [0.15, 0.2) is 0 Å². The Hall–Kier alpha value is -2.34. The molecule has 4 atom stereocenters. The van der Waals surface area contributed by atoms with Gasteiger partial charge in [-0.15, -0.1) is 0 Å². The largest absolute Gasteiger partial charge is 0.481 e. The molecule has 33 heavy (non-hydrogen) atoms. The summed E-state index contributed by atoms with van der Waals surface area (Å²) in [5.74, 6) is -4.11. The van der Waals surface area contributed by atoms with Crippen LogP contribution in [-0.4, -0.2) is 76.0 Å². The van der Waals surface area contributed by atoms with Crippen LogP contribution in [0.25, 0.3) is 0 Å². The van der Waals surface area contributed by atoms with Crippen LogP contribution in [0.15, 0.2) is 0 Å². The SMILES string of the molecule is CSCCC(NC(=O)C(N)CC(C)C)C(=O)NC(CCC(=O)O)C(=O)NC(C(=O)O)C(C)C. The molecule has 0 aliphatic heterocycles. The van der Waals surface area contributed by atoms with Crippen LogP contribution in [0.3, 0.4) is 0 Å². The van der Waals surface area contributed by atoms with Gasteiger partial charge in [-0.3, -0.25) is 19.2 Å². The number of carboxylic acid groups (broad SMARTS) is 2. The fourth-order valence-corrected chi connectivity index (χ4v) is 3.45. The van der Waals surface area contributed by atoms with Crippen molar-refractivity contribution in [2.24, 2.45) is 17.6 Å². The van der Waals surface area contributed by atoms with E-state index in [1.54, 1.807) is 13.8 Å². The molecule has 0 aromatic rings. The molecule has 190 valence electrons. The lowest BCUT2D eigenvalue weighted by atomic mass is 10.0. The molecule has 0 saturated carbocycles. The summed E-state index contributed by atoms with van der Waals surface area (Å²) >= 11 is 1.46. The van der Waals surface area contributed by atoms with Gasteiger partial charge in [0.2, 0.25) is 17.7 Å². The molecule has 0 saturated heterocycles. The van der Waals surface area contributed by atoms with Gasteiger partial charge in [-0.1, -0.05) is 27.7 Å². The number of carbonyl (C=O) groups is 5. The fourth-order valence-electron chi connectivity index (χ4n) is 2.97. The van der Waals surface area contributed by atoms with Crippen molar-refractivity contribution in [3.05, 3.63) is 0 Å². The third kappa shape index (κ3) is 12.5. The number of amides is 3. The molecule has 3 amide bonds. The Morgan fingerprint density at radius 2 is 1.36 bits per heavy atom. The van der Waals surface area contributed by atoms with Gasteiger partial charge in [0.25, 0.3) is 0 Å². The van der Waals surface area contributed by atoms with Crippen LogP contribution >= 0.6 is 11.8 Å². The Morgan fingerprint density at radius 3 is 1.82 bits per heavy atom. The van der Waals surface area contributed by atoms with Crippen molar-refractivity contribution in [1.82, 2.24) is 16.0 Å². The molecule has 0 radical (unpaired) electrons. The number of nitrogens with one attached hydrogen (secondary N) is 3. The molecular weight excluding hydrogens is 452 g/mol. The van der Waals surface area contributed by atoms with Gasteiger partial charge < -0.3 is 31.9 Å². The van der Waals surface area contributed by atoms with E-state index in [1.165, 1.54) is 11.8 Å². The molecule has 0 aliphatic carbocycles. The minimum Gasteiger partial charge on any atom is -0.481 e. The molecule has 4 unspecified atom stereocenters. The first-order valence-electron chi connectivity index (χ1n) is 10.9. The van der Waals surface area contributed by atoms with Gasteiger partial charge in [-0.05, 0) is 43.1 Å². The Morgan fingerprint density at radius 1 is 0.848 bits per heavy atom. The summed E-state index contributed by atoms with van der Waals surface area (Å²) in [5.41, 5.74) is 5.90. The summed E-state index contributed by atoms with van der Waals surface area (Å²) in [6.45, 7) is 7.05. The van der Waals surface area contributed by atoms with Crippen LogP contribution in [0, 0.1) is 11.8 Å². The lowest BCUT2D eigenvalue weighted by Gasteiger charge is -2.26. The lowest BCUT2D eigenvalue weighted by molar-refractivity contribution is -0.144. The first kappa shape index (κ1) is 30.7. The van der Waals surface area contributed by atoms with Gasteiger partial charge in [-0.25, -0.2) is 4.79 Å². The van der Waals surface area contributed by atoms with Gasteiger partial charge >= 0.3 is 11.9 Å². The lowest BCUT2D eigenvalue weighted by Crippen LogP contribution is -2.57. The molecule has 0 heterocycles.